The quantitative estimate of drug-likeness (QED) is 0.386. The summed E-state index contributed by atoms with van der Waals surface area (Å²) < 4.78 is 0. The molecule has 3 aromatic carbocycles. The first kappa shape index (κ1) is 15.3. The average Bonchev–Trinajstić information content (AvgIpc) is 2.90. The van der Waals surface area contributed by atoms with E-state index in [1.165, 1.54) is 44.2 Å². The molecular formula is C25H21N. The number of benzene rings is 3. The molecule has 0 bridgehead atoms. The number of rotatable bonds is 1. The zero-order chi connectivity index (χ0) is 17.9. The normalized spacial score (nSPS) is 14.3. The minimum atomic E-state index is -0.0620. The largest absolute Gasteiger partial charge is 0.256 e. The molecular weight excluding hydrogens is 314 g/mol. The summed E-state index contributed by atoms with van der Waals surface area (Å²) in [7, 11) is 0. The second-order valence-electron chi connectivity index (χ2n) is 7.78. The van der Waals surface area contributed by atoms with Gasteiger partial charge in [-0.1, -0.05) is 68.4 Å². The van der Waals surface area contributed by atoms with E-state index in [0.717, 1.165) is 5.69 Å². The Balaban J connectivity index is 1.86. The van der Waals surface area contributed by atoms with Gasteiger partial charge in [0.25, 0.3) is 0 Å². The first-order chi connectivity index (χ1) is 12.6. The highest BCUT2D eigenvalue weighted by Crippen LogP contribution is 2.53. The van der Waals surface area contributed by atoms with Gasteiger partial charge in [0.05, 0.1) is 5.69 Å². The Morgan fingerprint density at radius 2 is 1.50 bits per heavy atom. The van der Waals surface area contributed by atoms with Crippen molar-refractivity contribution in [3.8, 4) is 22.4 Å². The molecule has 1 nitrogen and oxygen atoms in total. The van der Waals surface area contributed by atoms with E-state index in [-0.39, 0.29) is 5.41 Å². The maximum absolute atomic E-state index is 4.68. The summed E-state index contributed by atoms with van der Waals surface area (Å²) in [6.45, 7) is 6.83. The first-order valence-electron chi connectivity index (χ1n) is 9.16. The smallest absolute Gasteiger partial charge is 0.0707 e. The topological polar surface area (TPSA) is 12.9 Å². The molecule has 1 heterocycles. The van der Waals surface area contributed by atoms with Crippen molar-refractivity contribution >= 4 is 10.8 Å². The number of aryl methyl sites for hydroxylation is 1. The van der Waals surface area contributed by atoms with Gasteiger partial charge in [-0.25, -0.2) is 0 Å². The minimum Gasteiger partial charge on any atom is -0.256 e. The maximum atomic E-state index is 4.68. The fourth-order valence-corrected chi connectivity index (χ4v) is 4.64. The first-order valence-corrected chi connectivity index (χ1v) is 9.16. The highest BCUT2D eigenvalue weighted by molar-refractivity contribution is 5.99. The van der Waals surface area contributed by atoms with Gasteiger partial charge in [-0.05, 0) is 57.6 Å². The fourth-order valence-electron chi connectivity index (χ4n) is 4.64. The van der Waals surface area contributed by atoms with Gasteiger partial charge >= 0.3 is 0 Å². The third kappa shape index (κ3) is 2.00. The third-order valence-corrected chi connectivity index (χ3v) is 5.73. The molecule has 1 aliphatic rings. The van der Waals surface area contributed by atoms with Crippen molar-refractivity contribution in [2.24, 2.45) is 0 Å². The average molecular weight is 335 g/mol. The van der Waals surface area contributed by atoms with Gasteiger partial charge in [-0.15, -0.1) is 0 Å². The lowest BCUT2D eigenvalue weighted by atomic mass is 9.78. The van der Waals surface area contributed by atoms with E-state index >= 15 is 0 Å². The molecule has 0 saturated carbocycles. The van der Waals surface area contributed by atoms with Crippen molar-refractivity contribution in [1.82, 2.24) is 4.98 Å². The predicted molar refractivity (Wildman–Crippen MR) is 109 cm³/mol. The maximum Gasteiger partial charge on any atom is 0.0707 e. The lowest BCUT2D eigenvalue weighted by Gasteiger charge is -2.25. The van der Waals surface area contributed by atoms with Crippen LogP contribution in [0.25, 0.3) is 33.2 Å². The van der Waals surface area contributed by atoms with Gasteiger partial charge < -0.3 is 0 Å². The van der Waals surface area contributed by atoms with Gasteiger partial charge in [0.1, 0.15) is 0 Å². The van der Waals surface area contributed by atoms with Crippen molar-refractivity contribution in [2.45, 2.75) is 26.2 Å². The molecule has 0 aliphatic heterocycles. The van der Waals surface area contributed by atoms with Crippen molar-refractivity contribution in [2.75, 3.05) is 0 Å². The summed E-state index contributed by atoms with van der Waals surface area (Å²) in [6.07, 6.45) is 1.91. The Morgan fingerprint density at radius 3 is 2.35 bits per heavy atom. The van der Waals surface area contributed by atoms with Crippen LogP contribution in [0.3, 0.4) is 0 Å². The SMILES string of the molecule is Cc1ccnc(-c2cccc3c2C(C)(C)c2c-3ccc3ccccc23)c1. The van der Waals surface area contributed by atoms with E-state index in [2.05, 4.69) is 92.5 Å². The van der Waals surface area contributed by atoms with Gasteiger partial charge in [-0.3, -0.25) is 4.98 Å². The summed E-state index contributed by atoms with van der Waals surface area (Å²) in [5.74, 6) is 0. The molecule has 4 aromatic rings. The van der Waals surface area contributed by atoms with Gasteiger partial charge in [0, 0.05) is 17.2 Å². The molecule has 0 unspecified atom stereocenters. The van der Waals surface area contributed by atoms with Crippen molar-refractivity contribution < 1.29 is 0 Å². The number of hydrogen-bond donors (Lipinski definition) is 0. The Morgan fingerprint density at radius 1 is 0.731 bits per heavy atom. The Labute approximate surface area is 154 Å². The van der Waals surface area contributed by atoms with E-state index in [1.807, 2.05) is 6.20 Å². The molecule has 0 radical (unpaired) electrons. The number of nitrogens with zero attached hydrogens (tertiary/aromatic N) is 1. The van der Waals surface area contributed by atoms with E-state index in [4.69, 9.17) is 0 Å². The molecule has 5 rings (SSSR count). The second-order valence-corrected chi connectivity index (χ2v) is 7.78. The standard InChI is InChI=1S/C25H21N/c1-16-13-14-26-22(15-16)21-10-6-9-19-20-12-11-17-7-4-5-8-18(17)23(20)25(2,3)24(19)21/h4-15H,1-3H3. The molecule has 1 aromatic heterocycles. The fraction of sp³-hybridized carbons (Fsp3) is 0.160. The van der Waals surface area contributed by atoms with Crippen LogP contribution in [0.2, 0.25) is 0 Å². The summed E-state index contributed by atoms with van der Waals surface area (Å²) in [5, 5.41) is 2.66. The highest BCUT2D eigenvalue weighted by atomic mass is 14.7. The molecule has 0 N–H and O–H groups in total. The van der Waals surface area contributed by atoms with Gasteiger partial charge in [0.15, 0.2) is 0 Å². The van der Waals surface area contributed by atoms with Gasteiger partial charge in [0.2, 0.25) is 0 Å². The van der Waals surface area contributed by atoms with Crippen LogP contribution in [0.5, 0.6) is 0 Å². The molecule has 0 saturated heterocycles. The van der Waals surface area contributed by atoms with Crippen LogP contribution in [-0.4, -0.2) is 4.98 Å². The Bertz CT molecular complexity index is 1170. The molecule has 26 heavy (non-hydrogen) atoms. The van der Waals surface area contributed by atoms with E-state index < -0.39 is 0 Å². The van der Waals surface area contributed by atoms with Crippen LogP contribution in [0.1, 0.15) is 30.5 Å². The third-order valence-electron chi connectivity index (χ3n) is 5.73. The molecule has 0 fully saturated rings. The molecule has 0 spiro atoms. The van der Waals surface area contributed by atoms with E-state index in [1.54, 1.807) is 0 Å². The number of aromatic nitrogens is 1. The zero-order valence-corrected chi connectivity index (χ0v) is 15.4. The number of pyridine rings is 1. The van der Waals surface area contributed by atoms with Crippen LogP contribution < -0.4 is 0 Å². The minimum absolute atomic E-state index is 0.0620. The molecule has 1 heteroatoms. The lowest BCUT2D eigenvalue weighted by molar-refractivity contribution is 0.667. The molecule has 0 amide bonds. The Kier molecular flexibility index (Phi) is 3.12. The summed E-state index contributed by atoms with van der Waals surface area (Å²) >= 11 is 0. The summed E-state index contributed by atoms with van der Waals surface area (Å²) in [6, 6.07) is 24.1. The monoisotopic (exact) mass is 335 g/mol. The van der Waals surface area contributed by atoms with Crippen molar-refractivity contribution in [1.29, 1.82) is 0 Å². The van der Waals surface area contributed by atoms with Gasteiger partial charge in [-0.2, -0.15) is 0 Å². The van der Waals surface area contributed by atoms with Crippen LogP contribution in [0.15, 0.2) is 72.9 Å². The summed E-state index contributed by atoms with van der Waals surface area (Å²) in [5.41, 5.74) is 9.02. The van der Waals surface area contributed by atoms with E-state index in [9.17, 15) is 0 Å². The lowest BCUT2D eigenvalue weighted by Crippen LogP contribution is -2.17. The number of fused-ring (bicyclic) bond motifs is 5. The van der Waals surface area contributed by atoms with E-state index in [0.29, 0.717) is 0 Å². The Hall–Kier alpha value is -2.93. The van der Waals surface area contributed by atoms with Crippen LogP contribution in [0.4, 0.5) is 0 Å². The van der Waals surface area contributed by atoms with Crippen LogP contribution in [-0.2, 0) is 5.41 Å². The second kappa shape index (κ2) is 5.28. The molecule has 1 aliphatic carbocycles. The van der Waals surface area contributed by atoms with Crippen molar-refractivity contribution in [3.63, 3.8) is 0 Å². The van der Waals surface area contributed by atoms with Crippen LogP contribution >= 0.6 is 0 Å². The highest BCUT2D eigenvalue weighted by Gasteiger charge is 2.38. The predicted octanol–water partition coefficient (Wildman–Crippen LogP) is 6.52. The van der Waals surface area contributed by atoms with Crippen LogP contribution in [0, 0.1) is 6.92 Å². The molecule has 126 valence electrons. The van der Waals surface area contributed by atoms with Crippen molar-refractivity contribution in [3.05, 3.63) is 89.6 Å². The number of hydrogen-bond acceptors (Lipinski definition) is 1. The molecule has 0 atom stereocenters. The summed E-state index contributed by atoms with van der Waals surface area (Å²) in [4.78, 5) is 4.68. The zero-order valence-electron chi connectivity index (χ0n) is 15.4.